The van der Waals surface area contributed by atoms with Crippen molar-refractivity contribution in [2.75, 3.05) is 20.2 Å². The average molecular weight is 572 g/mol. The van der Waals surface area contributed by atoms with E-state index in [9.17, 15) is 4.79 Å². The summed E-state index contributed by atoms with van der Waals surface area (Å²) in [5.41, 5.74) is 1.98. The first-order valence-electron chi connectivity index (χ1n) is 10.8. The van der Waals surface area contributed by atoms with Gasteiger partial charge in [0.15, 0.2) is 16.7 Å². The lowest BCUT2D eigenvalue weighted by Gasteiger charge is -2.14. The van der Waals surface area contributed by atoms with Gasteiger partial charge in [-0.1, -0.05) is 36.4 Å². The number of amides is 1. The van der Waals surface area contributed by atoms with E-state index in [4.69, 9.17) is 9.47 Å². The van der Waals surface area contributed by atoms with Crippen LogP contribution in [0.3, 0.4) is 0 Å². The summed E-state index contributed by atoms with van der Waals surface area (Å²) in [5, 5.41) is 3.15. The topological polar surface area (TPSA) is 51.1 Å². The highest BCUT2D eigenvalue weighted by atomic mass is 127. The van der Waals surface area contributed by atoms with E-state index in [1.54, 1.807) is 12.0 Å². The van der Waals surface area contributed by atoms with E-state index in [-0.39, 0.29) is 5.91 Å². The molecule has 0 atom stereocenters. The van der Waals surface area contributed by atoms with Crippen molar-refractivity contribution < 1.29 is 14.3 Å². The molecule has 1 aliphatic heterocycles. The minimum atomic E-state index is -0.0136. The number of nitrogens with zero attached hydrogens (tertiary/aromatic N) is 2. The van der Waals surface area contributed by atoms with Crippen LogP contribution in [0.25, 0.3) is 16.8 Å². The third kappa shape index (κ3) is 5.19. The highest BCUT2D eigenvalue weighted by Crippen LogP contribution is 2.37. The number of fused-ring (bicyclic) bond motifs is 1. The van der Waals surface area contributed by atoms with Crippen LogP contribution < -0.4 is 9.47 Å². The standard InChI is InChI=1S/C26H25IN2O3S/c1-4-28-26-29(5-2)25(30)23(33-26)15-18-13-21(27)24(22(14-18)31-3)32-16-17-10-11-19-8-6-7-9-20(19)12-17/h6-15H,4-5,16H2,1-3H3/b23-15-,28-26?. The number of ether oxygens (including phenoxy) is 2. The van der Waals surface area contributed by atoms with Gasteiger partial charge in [0.1, 0.15) is 6.61 Å². The van der Waals surface area contributed by atoms with Crippen molar-refractivity contribution in [3.8, 4) is 11.5 Å². The van der Waals surface area contributed by atoms with Crippen LogP contribution in [-0.2, 0) is 11.4 Å². The number of carbonyl (C=O) groups excluding carboxylic acids is 1. The number of likely N-dealkylation sites (N-methyl/N-ethyl adjacent to an activating group) is 1. The molecule has 3 aromatic rings. The molecule has 33 heavy (non-hydrogen) atoms. The number of methoxy groups -OCH3 is 1. The normalized spacial score (nSPS) is 16.2. The molecule has 7 heteroatoms. The molecule has 0 bridgehead atoms. The molecular weight excluding hydrogens is 547 g/mol. The van der Waals surface area contributed by atoms with Gasteiger partial charge in [-0.15, -0.1) is 0 Å². The molecule has 5 nitrogen and oxygen atoms in total. The van der Waals surface area contributed by atoms with E-state index in [0.29, 0.717) is 36.1 Å². The number of hydrogen-bond donors (Lipinski definition) is 0. The molecule has 0 saturated carbocycles. The third-order valence-corrected chi connectivity index (χ3v) is 7.09. The molecule has 1 amide bonds. The molecule has 0 unspecified atom stereocenters. The SMILES string of the molecule is CCN=C1S/C(=C\c2cc(I)c(OCc3ccc4ccccc4c3)c(OC)c2)C(=O)N1CC. The van der Waals surface area contributed by atoms with E-state index in [2.05, 4.69) is 57.9 Å². The van der Waals surface area contributed by atoms with Gasteiger partial charge in [0, 0.05) is 13.1 Å². The summed E-state index contributed by atoms with van der Waals surface area (Å²) >= 11 is 3.67. The minimum absolute atomic E-state index is 0.0136. The Kier molecular flexibility index (Phi) is 7.60. The summed E-state index contributed by atoms with van der Waals surface area (Å²) in [5.74, 6) is 1.32. The van der Waals surface area contributed by atoms with Crippen LogP contribution in [0.4, 0.5) is 0 Å². The number of hydrogen-bond acceptors (Lipinski definition) is 5. The first-order chi connectivity index (χ1) is 16.0. The predicted molar refractivity (Wildman–Crippen MR) is 145 cm³/mol. The van der Waals surface area contributed by atoms with Crippen molar-refractivity contribution in [1.82, 2.24) is 4.90 Å². The van der Waals surface area contributed by atoms with E-state index in [1.807, 2.05) is 44.2 Å². The molecular formula is C26H25IN2O3S. The summed E-state index contributed by atoms with van der Waals surface area (Å²) in [4.78, 5) is 19.6. The van der Waals surface area contributed by atoms with Gasteiger partial charge in [-0.2, -0.15) is 0 Å². The maximum absolute atomic E-state index is 12.8. The second-order valence-corrected chi connectivity index (χ2v) is 9.59. The van der Waals surface area contributed by atoms with Gasteiger partial charge in [-0.3, -0.25) is 14.7 Å². The van der Waals surface area contributed by atoms with Crippen LogP contribution >= 0.6 is 34.4 Å². The second-order valence-electron chi connectivity index (χ2n) is 7.42. The van der Waals surface area contributed by atoms with Gasteiger partial charge in [-0.05, 0) is 94.4 Å². The first kappa shape index (κ1) is 23.6. The summed E-state index contributed by atoms with van der Waals surface area (Å²) in [6.45, 7) is 5.62. The minimum Gasteiger partial charge on any atom is -0.493 e. The number of aliphatic imine (C=N–C) groups is 1. The molecule has 1 fully saturated rings. The maximum Gasteiger partial charge on any atom is 0.266 e. The Labute approximate surface area is 212 Å². The Bertz CT molecular complexity index is 1260. The lowest BCUT2D eigenvalue weighted by molar-refractivity contribution is -0.122. The smallest absolute Gasteiger partial charge is 0.266 e. The van der Waals surface area contributed by atoms with Crippen LogP contribution in [-0.4, -0.2) is 36.2 Å². The molecule has 0 aliphatic carbocycles. The van der Waals surface area contributed by atoms with Gasteiger partial charge in [0.2, 0.25) is 0 Å². The van der Waals surface area contributed by atoms with Gasteiger partial charge in [0.25, 0.3) is 5.91 Å². The Morgan fingerprint density at radius 3 is 2.61 bits per heavy atom. The molecule has 1 heterocycles. The monoisotopic (exact) mass is 572 g/mol. The highest BCUT2D eigenvalue weighted by molar-refractivity contribution is 14.1. The molecule has 170 valence electrons. The molecule has 1 saturated heterocycles. The van der Waals surface area contributed by atoms with Crippen LogP contribution in [0.15, 0.2) is 64.5 Å². The van der Waals surface area contributed by atoms with Crippen LogP contribution in [0.5, 0.6) is 11.5 Å². The average Bonchev–Trinajstić information content (AvgIpc) is 3.11. The van der Waals surface area contributed by atoms with Gasteiger partial charge in [0.05, 0.1) is 15.6 Å². The highest BCUT2D eigenvalue weighted by Gasteiger charge is 2.31. The number of rotatable bonds is 7. The largest absolute Gasteiger partial charge is 0.493 e. The number of halogens is 1. The van der Waals surface area contributed by atoms with Crippen molar-refractivity contribution in [3.05, 3.63) is 74.2 Å². The Morgan fingerprint density at radius 2 is 1.88 bits per heavy atom. The van der Waals surface area contributed by atoms with E-state index in [0.717, 1.165) is 19.9 Å². The molecule has 0 aromatic heterocycles. The lowest BCUT2D eigenvalue weighted by atomic mass is 10.1. The number of carbonyl (C=O) groups is 1. The zero-order chi connectivity index (χ0) is 23.4. The van der Waals surface area contributed by atoms with Crippen LogP contribution in [0, 0.1) is 3.57 Å². The fourth-order valence-electron chi connectivity index (χ4n) is 3.64. The van der Waals surface area contributed by atoms with E-state index < -0.39 is 0 Å². The zero-order valence-electron chi connectivity index (χ0n) is 18.8. The van der Waals surface area contributed by atoms with Crippen LogP contribution in [0.1, 0.15) is 25.0 Å². The Balaban J connectivity index is 1.57. The summed E-state index contributed by atoms with van der Waals surface area (Å²) in [7, 11) is 1.63. The number of thioether (sulfide) groups is 1. The Hall–Kier alpha value is -2.52. The molecule has 1 aliphatic rings. The van der Waals surface area contributed by atoms with Gasteiger partial charge < -0.3 is 9.47 Å². The molecule has 0 radical (unpaired) electrons. The predicted octanol–water partition coefficient (Wildman–Crippen LogP) is 6.34. The van der Waals surface area contributed by atoms with E-state index in [1.165, 1.54) is 22.5 Å². The lowest BCUT2D eigenvalue weighted by Crippen LogP contribution is -2.28. The second kappa shape index (κ2) is 10.6. The van der Waals surface area contributed by atoms with Crippen molar-refractivity contribution in [3.63, 3.8) is 0 Å². The van der Waals surface area contributed by atoms with Crippen LogP contribution in [0.2, 0.25) is 0 Å². The van der Waals surface area contributed by atoms with Crippen molar-refractivity contribution >= 4 is 62.3 Å². The molecule has 3 aromatic carbocycles. The third-order valence-electron chi connectivity index (χ3n) is 5.24. The summed E-state index contributed by atoms with van der Waals surface area (Å²) in [6, 6.07) is 18.5. The quantitative estimate of drug-likeness (QED) is 0.245. The van der Waals surface area contributed by atoms with Gasteiger partial charge >= 0.3 is 0 Å². The van der Waals surface area contributed by atoms with E-state index >= 15 is 0 Å². The van der Waals surface area contributed by atoms with Gasteiger partial charge in [-0.25, -0.2) is 0 Å². The number of amidine groups is 1. The number of benzene rings is 3. The maximum atomic E-state index is 12.8. The van der Waals surface area contributed by atoms with Crippen molar-refractivity contribution in [1.29, 1.82) is 0 Å². The Morgan fingerprint density at radius 1 is 1.09 bits per heavy atom. The molecule has 4 rings (SSSR count). The zero-order valence-corrected chi connectivity index (χ0v) is 21.8. The fraction of sp³-hybridized carbons (Fsp3) is 0.231. The summed E-state index contributed by atoms with van der Waals surface area (Å²) < 4.78 is 12.7. The van der Waals surface area contributed by atoms with Crippen molar-refractivity contribution in [2.45, 2.75) is 20.5 Å². The van der Waals surface area contributed by atoms with Crippen molar-refractivity contribution in [2.24, 2.45) is 4.99 Å². The first-order valence-corrected chi connectivity index (χ1v) is 12.7. The molecule has 0 spiro atoms. The fourth-order valence-corrected chi connectivity index (χ4v) is 5.52. The summed E-state index contributed by atoms with van der Waals surface area (Å²) in [6.07, 6.45) is 1.89. The molecule has 0 N–H and O–H groups in total.